The topological polar surface area (TPSA) is 42.0 Å². The molecule has 0 bridgehead atoms. The number of carbonyl (C=O) groups excluding carboxylic acids is 1. The molecule has 0 aliphatic rings. The molecule has 0 atom stereocenters. The normalized spacial score (nSPS) is 10.5. The van der Waals surface area contributed by atoms with Crippen molar-refractivity contribution in [1.82, 2.24) is 4.98 Å². The molecule has 2 aromatic rings. The zero-order valence-corrected chi connectivity index (χ0v) is 9.51. The molecule has 0 saturated carbocycles. The average Bonchev–Trinajstić information content (AvgIpc) is 2.40. The third-order valence-electron chi connectivity index (χ3n) is 2.22. The Labute approximate surface area is 104 Å². The van der Waals surface area contributed by atoms with Crippen LogP contribution in [-0.2, 0) is 4.79 Å². The quantitative estimate of drug-likeness (QED) is 0.664. The van der Waals surface area contributed by atoms with Crippen molar-refractivity contribution in [2.24, 2.45) is 0 Å². The van der Waals surface area contributed by atoms with Crippen molar-refractivity contribution in [2.45, 2.75) is 0 Å². The summed E-state index contributed by atoms with van der Waals surface area (Å²) in [6.07, 6.45) is 4.38. The number of hydrogen-bond donors (Lipinski definition) is 1. The number of benzene rings is 1. The molecule has 1 aromatic heterocycles. The predicted octanol–water partition coefficient (Wildman–Crippen LogP) is 2.87. The highest BCUT2D eigenvalue weighted by Crippen LogP contribution is 2.06. The first kappa shape index (κ1) is 12.0. The number of pyridine rings is 1. The zero-order chi connectivity index (χ0) is 12.8. The van der Waals surface area contributed by atoms with E-state index < -0.39 is 5.95 Å². The molecular weight excluding hydrogens is 231 g/mol. The van der Waals surface area contributed by atoms with Crippen molar-refractivity contribution in [3.05, 3.63) is 66.2 Å². The van der Waals surface area contributed by atoms with Crippen molar-refractivity contribution in [3.8, 4) is 0 Å². The lowest BCUT2D eigenvalue weighted by molar-refractivity contribution is -0.111. The Kier molecular flexibility index (Phi) is 3.81. The Hall–Kier alpha value is -2.49. The molecule has 0 aliphatic heterocycles. The van der Waals surface area contributed by atoms with Crippen LogP contribution in [-0.4, -0.2) is 10.9 Å². The van der Waals surface area contributed by atoms with E-state index in [1.165, 1.54) is 24.4 Å². The highest BCUT2D eigenvalue weighted by molar-refractivity contribution is 6.01. The van der Waals surface area contributed by atoms with Gasteiger partial charge in [0.25, 0.3) is 0 Å². The van der Waals surface area contributed by atoms with E-state index in [4.69, 9.17) is 0 Å². The maximum Gasteiger partial charge on any atom is 0.248 e. The van der Waals surface area contributed by atoms with Gasteiger partial charge in [-0.05, 0) is 23.8 Å². The number of carbonyl (C=O) groups is 1. The molecule has 90 valence electrons. The standard InChI is InChI=1S/C14H11FN2O/c15-13-8-7-12(10-16-13)17-14(18)9-6-11-4-2-1-3-5-11/h1-10H,(H,17,18)/b9-6+. The first-order valence-electron chi connectivity index (χ1n) is 5.40. The first-order chi connectivity index (χ1) is 8.74. The Bertz CT molecular complexity index is 550. The van der Waals surface area contributed by atoms with Gasteiger partial charge in [0.2, 0.25) is 11.9 Å². The molecule has 0 fully saturated rings. The number of aromatic nitrogens is 1. The monoisotopic (exact) mass is 242 g/mol. The van der Waals surface area contributed by atoms with Gasteiger partial charge >= 0.3 is 0 Å². The highest BCUT2D eigenvalue weighted by Gasteiger charge is 1.98. The minimum atomic E-state index is -0.576. The molecule has 0 unspecified atom stereocenters. The first-order valence-corrected chi connectivity index (χ1v) is 5.40. The van der Waals surface area contributed by atoms with E-state index in [2.05, 4.69) is 10.3 Å². The van der Waals surface area contributed by atoms with E-state index in [-0.39, 0.29) is 5.91 Å². The minimum Gasteiger partial charge on any atom is -0.321 e. The van der Waals surface area contributed by atoms with Gasteiger partial charge in [0.15, 0.2) is 0 Å². The molecule has 18 heavy (non-hydrogen) atoms. The van der Waals surface area contributed by atoms with Gasteiger partial charge in [-0.3, -0.25) is 4.79 Å². The summed E-state index contributed by atoms with van der Waals surface area (Å²) in [6.45, 7) is 0. The van der Waals surface area contributed by atoms with Gasteiger partial charge < -0.3 is 5.32 Å². The van der Waals surface area contributed by atoms with Crippen LogP contribution in [0.2, 0.25) is 0 Å². The third-order valence-corrected chi connectivity index (χ3v) is 2.22. The van der Waals surface area contributed by atoms with Crippen LogP contribution in [0, 0.1) is 5.95 Å². The Morgan fingerprint density at radius 2 is 1.94 bits per heavy atom. The van der Waals surface area contributed by atoms with Crippen LogP contribution >= 0.6 is 0 Å². The number of amides is 1. The Morgan fingerprint density at radius 1 is 1.17 bits per heavy atom. The van der Waals surface area contributed by atoms with E-state index in [0.29, 0.717) is 5.69 Å². The van der Waals surface area contributed by atoms with Crippen molar-refractivity contribution in [1.29, 1.82) is 0 Å². The molecule has 1 aromatic carbocycles. The van der Waals surface area contributed by atoms with Crippen molar-refractivity contribution >= 4 is 17.7 Å². The highest BCUT2D eigenvalue weighted by atomic mass is 19.1. The fourth-order valence-corrected chi connectivity index (χ4v) is 1.37. The lowest BCUT2D eigenvalue weighted by Gasteiger charge is -2.00. The maximum atomic E-state index is 12.6. The van der Waals surface area contributed by atoms with E-state index in [1.54, 1.807) is 6.08 Å². The molecule has 0 aliphatic carbocycles. The van der Waals surface area contributed by atoms with Gasteiger partial charge in [0.1, 0.15) is 0 Å². The van der Waals surface area contributed by atoms with E-state index in [0.717, 1.165) is 5.56 Å². The fourth-order valence-electron chi connectivity index (χ4n) is 1.37. The summed E-state index contributed by atoms with van der Waals surface area (Å²) in [5.74, 6) is -0.861. The molecule has 1 heterocycles. The number of anilines is 1. The summed E-state index contributed by atoms with van der Waals surface area (Å²) in [5, 5.41) is 2.58. The van der Waals surface area contributed by atoms with Crippen LogP contribution in [0.1, 0.15) is 5.56 Å². The van der Waals surface area contributed by atoms with Gasteiger partial charge in [-0.15, -0.1) is 0 Å². The number of nitrogens with one attached hydrogen (secondary N) is 1. The van der Waals surface area contributed by atoms with Gasteiger partial charge in [-0.25, -0.2) is 4.98 Å². The molecule has 0 saturated heterocycles. The predicted molar refractivity (Wildman–Crippen MR) is 68.3 cm³/mol. The molecule has 3 nitrogen and oxygen atoms in total. The molecule has 1 N–H and O–H groups in total. The smallest absolute Gasteiger partial charge is 0.248 e. The summed E-state index contributed by atoms with van der Waals surface area (Å²) in [7, 11) is 0. The lowest BCUT2D eigenvalue weighted by Crippen LogP contribution is -2.07. The molecule has 0 radical (unpaired) electrons. The van der Waals surface area contributed by atoms with E-state index in [9.17, 15) is 9.18 Å². The number of nitrogens with zero attached hydrogens (tertiary/aromatic N) is 1. The summed E-state index contributed by atoms with van der Waals surface area (Å²) in [6, 6.07) is 12.1. The third kappa shape index (κ3) is 3.52. The van der Waals surface area contributed by atoms with Crippen LogP contribution in [0.5, 0.6) is 0 Å². The van der Waals surface area contributed by atoms with Gasteiger partial charge in [0, 0.05) is 6.08 Å². The zero-order valence-electron chi connectivity index (χ0n) is 9.51. The SMILES string of the molecule is O=C(/C=C/c1ccccc1)Nc1ccc(F)nc1. The van der Waals surface area contributed by atoms with Crippen LogP contribution in [0.25, 0.3) is 6.08 Å². The van der Waals surface area contributed by atoms with Crippen LogP contribution in [0.15, 0.2) is 54.7 Å². The average molecular weight is 242 g/mol. The minimum absolute atomic E-state index is 0.285. The molecular formula is C14H11FN2O. The van der Waals surface area contributed by atoms with Crippen LogP contribution in [0.4, 0.5) is 10.1 Å². The Morgan fingerprint density at radius 3 is 2.61 bits per heavy atom. The lowest BCUT2D eigenvalue weighted by atomic mass is 10.2. The number of rotatable bonds is 3. The second kappa shape index (κ2) is 5.72. The van der Waals surface area contributed by atoms with Crippen LogP contribution in [0.3, 0.4) is 0 Å². The second-order valence-corrected chi connectivity index (χ2v) is 3.60. The van der Waals surface area contributed by atoms with E-state index >= 15 is 0 Å². The summed E-state index contributed by atoms with van der Waals surface area (Å²) in [5.41, 5.74) is 1.39. The van der Waals surface area contributed by atoms with E-state index in [1.807, 2.05) is 30.3 Å². The van der Waals surface area contributed by atoms with Crippen molar-refractivity contribution in [3.63, 3.8) is 0 Å². The Balaban J connectivity index is 1.97. The summed E-state index contributed by atoms with van der Waals surface area (Å²) in [4.78, 5) is 15.0. The van der Waals surface area contributed by atoms with Gasteiger partial charge in [-0.2, -0.15) is 4.39 Å². The van der Waals surface area contributed by atoms with Crippen molar-refractivity contribution in [2.75, 3.05) is 5.32 Å². The maximum absolute atomic E-state index is 12.6. The van der Waals surface area contributed by atoms with Crippen molar-refractivity contribution < 1.29 is 9.18 Å². The second-order valence-electron chi connectivity index (χ2n) is 3.60. The fraction of sp³-hybridized carbons (Fsp3) is 0. The largest absolute Gasteiger partial charge is 0.321 e. The molecule has 2 rings (SSSR count). The molecule has 0 spiro atoms. The van der Waals surface area contributed by atoms with Gasteiger partial charge in [0.05, 0.1) is 11.9 Å². The number of hydrogen-bond acceptors (Lipinski definition) is 2. The summed E-state index contributed by atoms with van der Waals surface area (Å²) >= 11 is 0. The van der Waals surface area contributed by atoms with Gasteiger partial charge in [-0.1, -0.05) is 30.3 Å². The molecule has 4 heteroatoms. The summed E-state index contributed by atoms with van der Waals surface area (Å²) < 4.78 is 12.6. The van der Waals surface area contributed by atoms with Crippen LogP contribution < -0.4 is 5.32 Å². The molecule has 1 amide bonds. The number of halogens is 1.